The standard InChI is InChI=1S/C28H20F3NO2/c1-2-22-13-14-23(17-25(22)28(29,30)31)24-15-16-26(33-18-20-9-5-3-6-10-20)32-27(24)34-19-21-11-7-4-8-12-21/h1,3-17H,18-19H2. The van der Waals surface area contributed by atoms with Gasteiger partial charge in [0.05, 0.1) is 5.56 Å². The number of nitrogens with zero attached hydrogens (tertiary/aromatic N) is 1. The molecule has 0 aliphatic heterocycles. The molecular weight excluding hydrogens is 439 g/mol. The molecule has 0 atom stereocenters. The summed E-state index contributed by atoms with van der Waals surface area (Å²) < 4.78 is 52.4. The SMILES string of the molecule is C#Cc1ccc(-c2ccc(OCc3ccccc3)nc2OCc2ccccc2)cc1C(F)(F)F. The molecule has 0 radical (unpaired) electrons. The number of hydrogen-bond acceptors (Lipinski definition) is 3. The van der Waals surface area contributed by atoms with Gasteiger partial charge in [-0.3, -0.25) is 0 Å². The first-order chi connectivity index (χ1) is 16.4. The van der Waals surface area contributed by atoms with E-state index in [1.165, 1.54) is 12.1 Å². The lowest BCUT2D eigenvalue weighted by molar-refractivity contribution is -0.137. The molecule has 0 amide bonds. The molecule has 4 aromatic rings. The summed E-state index contributed by atoms with van der Waals surface area (Å²) >= 11 is 0. The summed E-state index contributed by atoms with van der Waals surface area (Å²) in [5.74, 6) is 2.56. The molecule has 0 saturated heterocycles. The second kappa shape index (κ2) is 10.1. The quantitative estimate of drug-likeness (QED) is 0.282. The molecule has 1 heterocycles. The summed E-state index contributed by atoms with van der Waals surface area (Å²) in [6.07, 6.45) is 0.687. The fourth-order valence-corrected chi connectivity index (χ4v) is 3.36. The van der Waals surface area contributed by atoms with Crippen LogP contribution in [0.3, 0.4) is 0 Å². The van der Waals surface area contributed by atoms with Gasteiger partial charge in [-0.25, -0.2) is 0 Å². The molecule has 0 bridgehead atoms. The van der Waals surface area contributed by atoms with Crippen molar-refractivity contribution in [3.05, 3.63) is 113 Å². The van der Waals surface area contributed by atoms with Crippen molar-refractivity contribution in [2.75, 3.05) is 0 Å². The first-order valence-electron chi connectivity index (χ1n) is 10.5. The molecule has 34 heavy (non-hydrogen) atoms. The molecule has 4 rings (SSSR count). The second-order valence-electron chi connectivity index (χ2n) is 7.45. The van der Waals surface area contributed by atoms with Gasteiger partial charge in [0.1, 0.15) is 13.2 Å². The summed E-state index contributed by atoms with van der Waals surface area (Å²) in [6, 6.07) is 26.0. The highest BCUT2D eigenvalue weighted by Gasteiger charge is 2.33. The Bertz CT molecular complexity index is 1300. The molecule has 3 nitrogen and oxygen atoms in total. The number of pyridine rings is 1. The number of benzene rings is 3. The number of alkyl halides is 3. The molecular formula is C28H20F3NO2. The summed E-state index contributed by atoms with van der Waals surface area (Å²) in [7, 11) is 0. The maximum Gasteiger partial charge on any atom is 0.417 e. The van der Waals surface area contributed by atoms with Gasteiger partial charge in [-0.2, -0.15) is 18.2 Å². The highest BCUT2D eigenvalue weighted by atomic mass is 19.4. The summed E-state index contributed by atoms with van der Waals surface area (Å²) in [5.41, 5.74) is 1.43. The number of halogens is 3. The number of aromatic nitrogens is 1. The smallest absolute Gasteiger partial charge is 0.417 e. The van der Waals surface area contributed by atoms with Crippen molar-refractivity contribution in [3.8, 4) is 35.2 Å². The fraction of sp³-hybridized carbons (Fsp3) is 0.107. The van der Waals surface area contributed by atoms with Crippen LogP contribution in [0.25, 0.3) is 11.1 Å². The molecule has 170 valence electrons. The van der Waals surface area contributed by atoms with Crippen molar-refractivity contribution in [1.29, 1.82) is 0 Å². The van der Waals surface area contributed by atoms with Crippen LogP contribution < -0.4 is 9.47 Å². The van der Waals surface area contributed by atoms with E-state index < -0.39 is 11.7 Å². The third-order valence-corrected chi connectivity index (χ3v) is 5.07. The average Bonchev–Trinajstić information content (AvgIpc) is 2.86. The van der Waals surface area contributed by atoms with Crippen molar-refractivity contribution in [2.24, 2.45) is 0 Å². The minimum atomic E-state index is -4.59. The Morgan fingerprint density at radius 1 is 0.765 bits per heavy atom. The van der Waals surface area contributed by atoms with Crippen molar-refractivity contribution in [3.63, 3.8) is 0 Å². The van der Waals surface area contributed by atoms with Gasteiger partial charge in [0.15, 0.2) is 0 Å². The minimum Gasteiger partial charge on any atom is -0.473 e. The molecule has 1 aromatic heterocycles. The number of rotatable bonds is 7. The third-order valence-electron chi connectivity index (χ3n) is 5.07. The zero-order chi connectivity index (χ0) is 24.0. The van der Waals surface area contributed by atoms with E-state index in [1.54, 1.807) is 12.1 Å². The summed E-state index contributed by atoms with van der Waals surface area (Å²) in [6.45, 7) is 0.484. The number of ether oxygens (including phenoxy) is 2. The van der Waals surface area contributed by atoms with Crippen LogP contribution in [-0.2, 0) is 19.4 Å². The number of terminal acetylenes is 1. The predicted octanol–water partition coefficient (Wildman–Crippen LogP) is 6.91. The van der Waals surface area contributed by atoms with Crippen LogP contribution in [0.1, 0.15) is 22.3 Å². The normalized spacial score (nSPS) is 11.0. The third kappa shape index (κ3) is 5.57. The first kappa shape index (κ1) is 22.9. The molecule has 0 unspecified atom stereocenters. The zero-order valence-corrected chi connectivity index (χ0v) is 18.0. The van der Waals surface area contributed by atoms with E-state index in [0.29, 0.717) is 18.1 Å². The van der Waals surface area contributed by atoms with Crippen LogP contribution in [0.5, 0.6) is 11.8 Å². The van der Waals surface area contributed by atoms with Gasteiger partial charge in [0, 0.05) is 17.2 Å². The molecule has 0 spiro atoms. The molecule has 0 saturated carbocycles. The maximum absolute atomic E-state index is 13.6. The van der Waals surface area contributed by atoms with Crippen LogP contribution in [0.2, 0.25) is 0 Å². The highest BCUT2D eigenvalue weighted by Crippen LogP contribution is 2.37. The topological polar surface area (TPSA) is 31.4 Å². The Balaban J connectivity index is 1.68. The van der Waals surface area contributed by atoms with E-state index >= 15 is 0 Å². The van der Waals surface area contributed by atoms with E-state index in [0.717, 1.165) is 17.2 Å². The molecule has 6 heteroatoms. The van der Waals surface area contributed by atoms with Crippen LogP contribution in [0, 0.1) is 12.3 Å². The van der Waals surface area contributed by atoms with Crippen LogP contribution in [0.4, 0.5) is 13.2 Å². The van der Waals surface area contributed by atoms with E-state index in [-0.39, 0.29) is 23.6 Å². The number of hydrogen-bond donors (Lipinski definition) is 0. The van der Waals surface area contributed by atoms with E-state index in [4.69, 9.17) is 15.9 Å². The van der Waals surface area contributed by atoms with Gasteiger partial charge < -0.3 is 9.47 Å². The largest absolute Gasteiger partial charge is 0.473 e. The zero-order valence-electron chi connectivity index (χ0n) is 18.0. The lowest BCUT2D eigenvalue weighted by atomic mass is 9.99. The van der Waals surface area contributed by atoms with Crippen molar-refractivity contribution in [2.45, 2.75) is 19.4 Å². The van der Waals surface area contributed by atoms with Gasteiger partial charge in [-0.1, -0.05) is 72.7 Å². The van der Waals surface area contributed by atoms with Crippen molar-refractivity contribution >= 4 is 0 Å². The maximum atomic E-state index is 13.6. The van der Waals surface area contributed by atoms with Crippen molar-refractivity contribution < 1.29 is 22.6 Å². The Labute approximate surface area is 195 Å². The summed E-state index contributed by atoms with van der Waals surface area (Å²) in [4.78, 5) is 4.45. The van der Waals surface area contributed by atoms with Crippen LogP contribution in [-0.4, -0.2) is 4.98 Å². The van der Waals surface area contributed by atoms with Crippen molar-refractivity contribution in [1.82, 2.24) is 4.98 Å². The molecule has 0 aliphatic carbocycles. The highest BCUT2D eigenvalue weighted by molar-refractivity contribution is 5.71. The van der Waals surface area contributed by atoms with Gasteiger partial charge in [-0.05, 0) is 34.9 Å². The van der Waals surface area contributed by atoms with Gasteiger partial charge >= 0.3 is 6.18 Å². The molecule has 0 N–H and O–H groups in total. The molecule has 0 fully saturated rings. The monoisotopic (exact) mass is 459 g/mol. The van der Waals surface area contributed by atoms with E-state index in [9.17, 15) is 13.2 Å². The Hall–Kier alpha value is -4.24. The Kier molecular flexibility index (Phi) is 6.84. The Morgan fingerprint density at radius 3 is 1.97 bits per heavy atom. The van der Waals surface area contributed by atoms with Crippen LogP contribution in [0.15, 0.2) is 91.0 Å². The lowest BCUT2D eigenvalue weighted by Gasteiger charge is -2.15. The average molecular weight is 459 g/mol. The van der Waals surface area contributed by atoms with Gasteiger partial charge in [-0.15, -0.1) is 6.42 Å². The lowest BCUT2D eigenvalue weighted by Crippen LogP contribution is -2.08. The fourth-order valence-electron chi connectivity index (χ4n) is 3.36. The summed E-state index contributed by atoms with van der Waals surface area (Å²) in [5, 5.41) is 0. The minimum absolute atomic E-state index is 0.163. The van der Waals surface area contributed by atoms with Gasteiger partial charge in [0.25, 0.3) is 0 Å². The predicted molar refractivity (Wildman–Crippen MR) is 124 cm³/mol. The molecule has 0 aliphatic rings. The van der Waals surface area contributed by atoms with E-state index in [1.807, 2.05) is 60.7 Å². The molecule has 3 aromatic carbocycles. The first-order valence-corrected chi connectivity index (χ1v) is 10.5. The Morgan fingerprint density at radius 2 is 1.38 bits per heavy atom. The second-order valence-corrected chi connectivity index (χ2v) is 7.45. The van der Waals surface area contributed by atoms with Crippen LogP contribution >= 0.6 is 0 Å². The van der Waals surface area contributed by atoms with Gasteiger partial charge in [0.2, 0.25) is 11.8 Å². The van der Waals surface area contributed by atoms with E-state index in [2.05, 4.69) is 10.9 Å².